The molecule has 3 aromatic carbocycles. The van der Waals surface area contributed by atoms with E-state index in [-0.39, 0.29) is 83.6 Å². The van der Waals surface area contributed by atoms with Gasteiger partial charge >= 0.3 is 47.5 Å². The van der Waals surface area contributed by atoms with Crippen LogP contribution in [0, 0.1) is 16.2 Å². The van der Waals surface area contributed by atoms with Crippen molar-refractivity contribution in [3.05, 3.63) is 106 Å². The van der Waals surface area contributed by atoms with Crippen LogP contribution in [0.1, 0.15) is 242 Å². The largest absolute Gasteiger partial charge is 1.00 e. The monoisotopic (exact) mass is 1130 g/mol. The third-order valence-electron chi connectivity index (χ3n) is 14.1. The van der Waals surface area contributed by atoms with Gasteiger partial charge in [0.25, 0.3) is 0 Å². The van der Waals surface area contributed by atoms with Gasteiger partial charge in [-0.25, -0.2) is 36.5 Å². The Labute approximate surface area is 496 Å². The van der Waals surface area contributed by atoms with Crippen molar-refractivity contribution in [2.24, 2.45) is 20.6 Å². The van der Waals surface area contributed by atoms with Crippen LogP contribution in [-0.2, 0) is 47.2 Å². The Morgan fingerprint density at radius 3 is 1.08 bits per heavy atom. The number of hydrogen-bond donors (Lipinski definition) is 2. The van der Waals surface area contributed by atoms with Gasteiger partial charge in [0.2, 0.25) is 0 Å². The second kappa shape index (κ2) is 30.8. The molecule has 0 amide bonds. The molecule has 77 heavy (non-hydrogen) atoms. The molecule has 3 aromatic rings. The summed E-state index contributed by atoms with van der Waals surface area (Å²) in [6.07, 6.45) is 13.6. The van der Waals surface area contributed by atoms with E-state index in [0.717, 1.165) is 60.9 Å². The fraction of sp³-hybridized carbons (Fsp3) is 0.633. The standard InChI is InChI=1S/2C20H31NO3S.C20H29NO3S.B.Na.H/c3*1-6-24-18(22)16-9-7-15(8-10-16)17(11-12-20(5)13-14-20)21-25(23)19(2,3)4;;;/h2*7-10,17,21H,6,11-14H2,1-5H3;7-10H,6,11-14H2,1-5H3;;;/q;;;;+1;-1/t17-,25+;17-,25-;;;;/m01..../s1. The Kier molecular flexibility index (Phi) is 28.1. The molecule has 3 radical (unpaired) electrons. The average Bonchev–Trinajstić information content (AvgIpc) is 4.32. The van der Waals surface area contributed by atoms with Crippen molar-refractivity contribution in [3.63, 3.8) is 0 Å². The van der Waals surface area contributed by atoms with Crippen LogP contribution < -0.4 is 39.0 Å². The summed E-state index contributed by atoms with van der Waals surface area (Å²) in [5, 5.41) is 0. The van der Waals surface area contributed by atoms with Crippen molar-refractivity contribution in [1.29, 1.82) is 0 Å². The third kappa shape index (κ3) is 24.4. The maximum absolute atomic E-state index is 12.6. The van der Waals surface area contributed by atoms with E-state index in [9.17, 15) is 27.0 Å². The Bertz CT molecular complexity index is 2350. The number of esters is 3. The van der Waals surface area contributed by atoms with Crippen LogP contribution in [0.25, 0.3) is 0 Å². The van der Waals surface area contributed by atoms with Crippen LogP contribution in [0.3, 0.4) is 0 Å². The smallest absolute Gasteiger partial charge is 1.00 e. The fourth-order valence-corrected chi connectivity index (χ4v) is 10.0. The zero-order valence-electron chi connectivity index (χ0n) is 50.6. The minimum absolute atomic E-state index is 0. The molecule has 423 valence electrons. The zero-order chi connectivity index (χ0) is 56.0. The summed E-state index contributed by atoms with van der Waals surface area (Å²) in [5.41, 5.74) is 6.86. The summed E-state index contributed by atoms with van der Waals surface area (Å²) in [5.74, 6) is -0.930. The minimum Gasteiger partial charge on any atom is -1.00 e. The number of nitrogens with one attached hydrogen (secondary N) is 2. The van der Waals surface area contributed by atoms with E-state index in [1.54, 1.807) is 57.2 Å². The van der Waals surface area contributed by atoms with Gasteiger partial charge in [-0.2, -0.15) is 4.40 Å². The van der Waals surface area contributed by atoms with E-state index in [0.29, 0.717) is 52.8 Å². The summed E-state index contributed by atoms with van der Waals surface area (Å²) in [7, 11) is -3.57. The first-order chi connectivity index (χ1) is 34.9. The van der Waals surface area contributed by atoms with Crippen molar-refractivity contribution in [1.82, 2.24) is 9.44 Å². The molecule has 0 spiro atoms. The molecular weight excluding hydrogens is 1040 g/mol. The van der Waals surface area contributed by atoms with Gasteiger partial charge < -0.3 is 15.6 Å². The molecule has 17 heteroatoms. The molecular formula is C60H92BN3NaO9S3. The van der Waals surface area contributed by atoms with Gasteiger partial charge in [0, 0.05) is 20.5 Å². The molecule has 5 atom stereocenters. The number of ether oxygens (including phenoxy) is 3. The van der Waals surface area contributed by atoms with Crippen LogP contribution in [-0.4, -0.2) is 78.7 Å². The van der Waals surface area contributed by atoms with Gasteiger partial charge in [0.15, 0.2) is 0 Å². The van der Waals surface area contributed by atoms with Crippen LogP contribution in [0.2, 0.25) is 0 Å². The topological polar surface area (TPSA) is 167 Å². The first-order valence-corrected chi connectivity index (χ1v) is 30.5. The Balaban J connectivity index is 0.000000574. The van der Waals surface area contributed by atoms with Crippen molar-refractivity contribution < 1.29 is 72.2 Å². The van der Waals surface area contributed by atoms with Crippen LogP contribution in [0.15, 0.2) is 77.2 Å². The molecule has 1 unspecified atom stereocenters. The van der Waals surface area contributed by atoms with Gasteiger partial charge in [-0.1, -0.05) is 57.2 Å². The second-order valence-corrected chi connectivity index (χ2v) is 30.4. The first kappa shape index (κ1) is 70.3. The van der Waals surface area contributed by atoms with Crippen molar-refractivity contribution in [3.8, 4) is 0 Å². The predicted molar refractivity (Wildman–Crippen MR) is 316 cm³/mol. The predicted octanol–water partition coefficient (Wildman–Crippen LogP) is 10.5. The molecule has 6 rings (SSSR count). The van der Waals surface area contributed by atoms with Crippen LogP contribution in [0.5, 0.6) is 0 Å². The first-order valence-electron chi connectivity index (χ1n) is 27.1. The van der Waals surface area contributed by atoms with Crippen molar-refractivity contribution >= 4 is 65.0 Å². The van der Waals surface area contributed by atoms with Gasteiger partial charge in [-0.3, -0.25) is 0 Å². The summed E-state index contributed by atoms with van der Waals surface area (Å²) < 4.78 is 62.9. The summed E-state index contributed by atoms with van der Waals surface area (Å²) >= 11 is 0. The second-order valence-electron chi connectivity index (χ2n) is 24.5. The molecule has 3 saturated carbocycles. The van der Waals surface area contributed by atoms with Crippen molar-refractivity contribution in [2.75, 3.05) is 19.8 Å². The molecule has 3 aliphatic carbocycles. The summed E-state index contributed by atoms with van der Waals surface area (Å²) in [4.78, 5) is 35.4. The van der Waals surface area contributed by atoms with E-state index in [4.69, 9.17) is 14.2 Å². The molecule has 0 saturated heterocycles. The molecule has 3 aliphatic rings. The van der Waals surface area contributed by atoms with Gasteiger partial charge in [-0.15, -0.1) is 0 Å². The number of hydrogen-bond acceptors (Lipinski definition) is 9. The van der Waals surface area contributed by atoms with Crippen LogP contribution >= 0.6 is 0 Å². The van der Waals surface area contributed by atoms with E-state index < -0.39 is 33.0 Å². The quantitative estimate of drug-likeness (QED) is 0.0407. The average molecular weight is 1130 g/mol. The molecule has 0 aliphatic heterocycles. The van der Waals surface area contributed by atoms with Gasteiger partial charge in [0.05, 0.1) is 78.4 Å². The maximum atomic E-state index is 12.6. The van der Waals surface area contributed by atoms with Gasteiger partial charge in [0.1, 0.15) is 11.0 Å². The number of rotatable bonds is 23. The molecule has 12 nitrogen and oxygen atoms in total. The Morgan fingerprint density at radius 2 is 0.805 bits per heavy atom. The summed E-state index contributed by atoms with van der Waals surface area (Å²) in [6, 6.07) is 22.2. The van der Waals surface area contributed by atoms with E-state index in [1.165, 1.54) is 38.5 Å². The Morgan fingerprint density at radius 1 is 0.519 bits per heavy atom. The SMILES string of the molecule is CCOC(=O)c1ccc(C(CCC2(C)CC2)=NS(=O)C(C)(C)C)cc1.CCOC(=O)c1ccc([C@@H](CCC2(C)CC2)N[S@](=O)C(C)(C)C)cc1.CCOC(=O)c1ccc([C@H](CCC2(C)CC2)N[S@](=O)C(C)(C)C)cc1.[B].[H-].[Na+]. The fourth-order valence-electron chi connectivity index (χ4n) is 7.62. The number of carbonyl (C=O) groups is 3. The van der Waals surface area contributed by atoms with E-state index in [1.807, 2.05) is 98.7 Å². The maximum Gasteiger partial charge on any atom is 1.00 e. The third-order valence-corrected chi connectivity index (χ3v) is 18.7. The molecule has 0 heterocycles. The van der Waals surface area contributed by atoms with Crippen LogP contribution in [0.4, 0.5) is 0 Å². The normalized spacial score (nSPS) is 17.8. The number of nitrogens with zero attached hydrogens (tertiary/aromatic N) is 1. The number of benzene rings is 3. The van der Waals surface area contributed by atoms with E-state index in [2.05, 4.69) is 34.6 Å². The molecule has 3 fully saturated rings. The van der Waals surface area contributed by atoms with Gasteiger partial charge in [-0.05, 0) is 229 Å². The molecule has 2 N–H and O–H groups in total. The summed E-state index contributed by atoms with van der Waals surface area (Å²) in [6.45, 7) is 31.0. The molecule has 0 aromatic heterocycles. The minimum atomic E-state index is -1.30. The van der Waals surface area contributed by atoms with E-state index >= 15 is 0 Å². The van der Waals surface area contributed by atoms with Crippen molar-refractivity contribution in [2.45, 2.75) is 207 Å². The Hall–Kier alpha value is -2.83. The number of carbonyl (C=O) groups excluding carboxylic acids is 3. The molecule has 0 bridgehead atoms. The zero-order valence-corrected chi connectivity index (χ0v) is 54.1.